The van der Waals surface area contributed by atoms with Crippen molar-refractivity contribution in [1.82, 2.24) is 10.2 Å². The summed E-state index contributed by atoms with van der Waals surface area (Å²) in [5.74, 6) is 0.501. The van der Waals surface area contributed by atoms with E-state index >= 15 is 0 Å². The van der Waals surface area contributed by atoms with E-state index < -0.39 is 5.60 Å². The maximum atomic E-state index is 12.1. The van der Waals surface area contributed by atoms with E-state index in [1.165, 1.54) is 0 Å². The standard InChI is InChI=1S/C17H30N2O3/c1-5-6-9-15(20)18-11-10-14-8-7-12-19(13-14)16(21)22-17(2,3)4/h5,14H,1,6-13H2,2-4H3,(H,18,20). The number of nitrogens with zero attached hydrogens (tertiary/aromatic N) is 1. The summed E-state index contributed by atoms with van der Waals surface area (Å²) in [5.41, 5.74) is -0.455. The van der Waals surface area contributed by atoms with E-state index in [1.807, 2.05) is 20.8 Å². The lowest BCUT2D eigenvalue weighted by Crippen LogP contribution is -2.43. The molecule has 0 aromatic carbocycles. The van der Waals surface area contributed by atoms with Gasteiger partial charge in [0, 0.05) is 26.1 Å². The van der Waals surface area contributed by atoms with Gasteiger partial charge in [-0.25, -0.2) is 4.79 Å². The highest BCUT2D eigenvalue weighted by atomic mass is 16.6. The molecule has 1 aliphatic heterocycles. The Labute approximate surface area is 134 Å². The van der Waals surface area contributed by atoms with Crippen molar-refractivity contribution < 1.29 is 14.3 Å². The van der Waals surface area contributed by atoms with Crippen LogP contribution in [0.1, 0.15) is 52.9 Å². The van der Waals surface area contributed by atoms with Crippen LogP contribution in [0.5, 0.6) is 0 Å². The number of likely N-dealkylation sites (tertiary alicyclic amines) is 1. The number of allylic oxidation sites excluding steroid dienone is 1. The Morgan fingerprint density at radius 1 is 1.41 bits per heavy atom. The first-order valence-corrected chi connectivity index (χ1v) is 8.17. The smallest absolute Gasteiger partial charge is 0.410 e. The molecule has 0 aliphatic carbocycles. The molecule has 0 radical (unpaired) electrons. The molecule has 1 heterocycles. The van der Waals surface area contributed by atoms with E-state index in [0.29, 0.717) is 25.3 Å². The predicted molar refractivity (Wildman–Crippen MR) is 87.6 cm³/mol. The average molecular weight is 310 g/mol. The van der Waals surface area contributed by atoms with Gasteiger partial charge in [0.1, 0.15) is 5.60 Å². The maximum absolute atomic E-state index is 12.1. The number of hydrogen-bond acceptors (Lipinski definition) is 3. The monoisotopic (exact) mass is 310 g/mol. The van der Waals surface area contributed by atoms with Crippen molar-refractivity contribution in [3.63, 3.8) is 0 Å². The molecule has 1 aliphatic rings. The topological polar surface area (TPSA) is 58.6 Å². The molecule has 1 fully saturated rings. The van der Waals surface area contributed by atoms with Crippen molar-refractivity contribution in [2.45, 2.75) is 58.5 Å². The number of amides is 2. The summed E-state index contributed by atoms with van der Waals surface area (Å²) in [6, 6.07) is 0. The zero-order valence-electron chi connectivity index (χ0n) is 14.2. The fourth-order valence-corrected chi connectivity index (χ4v) is 2.53. The molecule has 5 heteroatoms. The van der Waals surface area contributed by atoms with Crippen LogP contribution in [-0.2, 0) is 9.53 Å². The number of ether oxygens (including phenoxy) is 1. The highest BCUT2D eigenvalue weighted by Gasteiger charge is 2.27. The van der Waals surface area contributed by atoms with Gasteiger partial charge in [-0.05, 0) is 52.4 Å². The molecule has 126 valence electrons. The first-order valence-electron chi connectivity index (χ1n) is 8.17. The van der Waals surface area contributed by atoms with Crippen LogP contribution in [0.3, 0.4) is 0 Å². The molecular formula is C17H30N2O3. The van der Waals surface area contributed by atoms with Gasteiger partial charge in [-0.3, -0.25) is 4.79 Å². The third-order valence-electron chi connectivity index (χ3n) is 3.62. The summed E-state index contributed by atoms with van der Waals surface area (Å²) in [5, 5.41) is 2.93. The molecule has 0 spiro atoms. The van der Waals surface area contributed by atoms with Crippen LogP contribution >= 0.6 is 0 Å². The number of carbonyl (C=O) groups is 2. The number of piperidine rings is 1. The van der Waals surface area contributed by atoms with E-state index in [4.69, 9.17) is 4.74 Å². The van der Waals surface area contributed by atoms with Gasteiger partial charge in [0.25, 0.3) is 0 Å². The normalized spacial score (nSPS) is 18.7. The van der Waals surface area contributed by atoms with Gasteiger partial charge in [-0.1, -0.05) is 6.08 Å². The maximum Gasteiger partial charge on any atom is 0.410 e. The van der Waals surface area contributed by atoms with Gasteiger partial charge in [-0.2, -0.15) is 0 Å². The molecular weight excluding hydrogens is 280 g/mol. The number of rotatable bonds is 6. The fourth-order valence-electron chi connectivity index (χ4n) is 2.53. The minimum Gasteiger partial charge on any atom is -0.444 e. The van der Waals surface area contributed by atoms with Crippen LogP contribution in [0.25, 0.3) is 0 Å². The lowest BCUT2D eigenvalue weighted by molar-refractivity contribution is -0.121. The third kappa shape index (κ3) is 7.48. The summed E-state index contributed by atoms with van der Waals surface area (Å²) in [6.45, 7) is 11.4. The summed E-state index contributed by atoms with van der Waals surface area (Å²) >= 11 is 0. The Hall–Kier alpha value is -1.52. The second-order valence-corrected chi connectivity index (χ2v) is 6.90. The number of nitrogens with one attached hydrogen (secondary N) is 1. The average Bonchev–Trinajstić information content (AvgIpc) is 2.43. The molecule has 1 atom stereocenters. The van der Waals surface area contributed by atoms with Crippen molar-refractivity contribution in [3.8, 4) is 0 Å². The van der Waals surface area contributed by atoms with Crippen LogP contribution in [0.15, 0.2) is 12.7 Å². The highest BCUT2D eigenvalue weighted by Crippen LogP contribution is 2.21. The Morgan fingerprint density at radius 2 is 2.14 bits per heavy atom. The van der Waals surface area contributed by atoms with E-state index in [1.54, 1.807) is 11.0 Å². The van der Waals surface area contributed by atoms with E-state index in [0.717, 1.165) is 32.4 Å². The van der Waals surface area contributed by atoms with Crippen molar-refractivity contribution in [2.75, 3.05) is 19.6 Å². The first kappa shape index (κ1) is 18.5. The quantitative estimate of drug-likeness (QED) is 0.767. The van der Waals surface area contributed by atoms with E-state index in [9.17, 15) is 9.59 Å². The molecule has 0 aromatic rings. The fraction of sp³-hybridized carbons (Fsp3) is 0.765. The minimum atomic E-state index is -0.455. The Morgan fingerprint density at radius 3 is 2.77 bits per heavy atom. The van der Waals surface area contributed by atoms with Gasteiger partial charge >= 0.3 is 6.09 Å². The molecule has 0 bridgehead atoms. The number of carbonyl (C=O) groups excluding carboxylic acids is 2. The molecule has 1 N–H and O–H groups in total. The van der Waals surface area contributed by atoms with Crippen LogP contribution in [0.4, 0.5) is 4.79 Å². The summed E-state index contributed by atoms with van der Waals surface area (Å²) < 4.78 is 5.42. The zero-order valence-corrected chi connectivity index (χ0v) is 14.2. The lowest BCUT2D eigenvalue weighted by atomic mass is 9.95. The van der Waals surface area contributed by atoms with Crippen LogP contribution in [-0.4, -0.2) is 42.1 Å². The largest absolute Gasteiger partial charge is 0.444 e. The van der Waals surface area contributed by atoms with Gasteiger partial charge in [-0.15, -0.1) is 6.58 Å². The predicted octanol–water partition coefficient (Wildman–Crippen LogP) is 3.11. The molecule has 0 aromatic heterocycles. The Bertz CT molecular complexity index is 388. The summed E-state index contributed by atoms with van der Waals surface area (Å²) in [4.78, 5) is 25.4. The van der Waals surface area contributed by atoms with Crippen molar-refractivity contribution in [3.05, 3.63) is 12.7 Å². The SMILES string of the molecule is C=CCCC(=O)NCCC1CCCN(C(=O)OC(C)(C)C)C1. The Balaban J connectivity index is 2.30. The van der Waals surface area contributed by atoms with Crippen molar-refractivity contribution in [2.24, 2.45) is 5.92 Å². The third-order valence-corrected chi connectivity index (χ3v) is 3.62. The second-order valence-electron chi connectivity index (χ2n) is 6.90. The minimum absolute atomic E-state index is 0.0692. The first-order chi connectivity index (χ1) is 10.3. The van der Waals surface area contributed by atoms with Gasteiger partial charge < -0.3 is 15.0 Å². The van der Waals surface area contributed by atoms with Gasteiger partial charge in [0.05, 0.1) is 0 Å². The van der Waals surface area contributed by atoms with E-state index in [2.05, 4.69) is 11.9 Å². The zero-order chi connectivity index (χ0) is 16.6. The molecule has 5 nitrogen and oxygen atoms in total. The summed E-state index contributed by atoms with van der Waals surface area (Å²) in [6.07, 6.45) is 5.72. The summed E-state index contributed by atoms with van der Waals surface area (Å²) in [7, 11) is 0. The number of hydrogen-bond donors (Lipinski definition) is 1. The van der Waals surface area contributed by atoms with Gasteiger partial charge in [0.2, 0.25) is 5.91 Å². The molecule has 2 amide bonds. The molecule has 22 heavy (non-hydrogen) atoms. The van der Waals surface area contributed by atoms with Gasteiger partial charge in [0.15, 0.2) is 0 Å². The second kappa shape index (κ2) is 8.81. The highest BCUT2D eigenvalue weighted by molar-refractivity contribution is 5.75. The van der Waals surface area contributed by atoms with Crippen LogP contribution in [0.2, 0.25) is 0 Å². The van der Waals surface area contributed by atoms with Crippen molar-refractivity contribution >= 4 is 12.0 Å². The van der Waals surface area contributed by atoms with Crippen molar-refractivity contribution in [1.29, 1.82) is 0 Å². The molecule has 1 unspecified atom stereocenters. The Kier molecular flexibility index (Phi) is 7.42. The molecule has 0 saturated carbocycles. The molecule has 1 saturated heterocycles. The van der Waals surface area contributed by atoms with Crippen LogP contribution in [0, 0.1) is 5.92 Å². The van der Waals surface area contributed by atoms with Crippen LogP contribution < -0.4 is 5.32 Å². The molecule has 1 rings (SSSR count). The lowest BCUT2D eigenvalue weighted by Gasteiger charge is -2.34. The van der Waals surface area contributed by atoms with E-state index in [-0.39, 0.29) is 12.0 Å².